The summed E-state index contributed by atoms with van der Waals surface area (Å²) in [6.45, 7) is 4.83. The highest BCUT2D eigenvalue weighted by Crippen LogP contribution is 2.33. The van der Waals surface area contributed by atoms with Crippen LogP contribution in [0.4, 0.5) is 13.2 Å². The Morgan fingerprint density at radius 2 is 1.35 bits per heavy atom. The predicted molar refractivity (Wildman–Crippen MR) is 110 cm³/mol. The third-order valence-electron chi connectivity index (χ3n) is 6.67. The van der Waals surface area contributed by atoms with E-state index in [1.54, 1.807) is 0 Å². The molecule has 1 aromatic rings. The van der Waals surface area contributed by atoms with Crippen LogP contribution in [-0.4, -0.2) is 65.8 Å². The van der Waals surface area contributed by atoms with Gasteiger partial charge in [0.1, 0.15) is 0 Å². The fraction of sp³-hybridized carbons (Fsp3) is 0.652. The topological polar surface area (TPSA) is 43.9 Å². The van der Waals surface area contributed by atoms with Gasteiger partial charge in [-0.25, -0.2) is 0 Å². The summed E-state index contributed by atoms with van der Waals surface area (Å²) in [5.74, 6) is 0.674. The Labute approximate surface area is 181 Å². The molecule has 0 radical (unpaired) electrons. The lowest BCUT2D eigenvalue weighted by Crippen LogP contribution is -2.45. The molecule has 0 aromatic heterocycles. The number of rotatable bonds is 4. The quantitative estimate of drug-likeness (QED) is 0.725. The SMILES string of the molecule is O=C(C1CC1)N1CCC(C(=O)N2CCCN(Cc3ccc(C(F)(F)F)cc3)CC2)CC1. The van der Waals surface area contributed by atoms with E-state index in [2.05, 4.69) is 4.90 Å². The van der Waals surface area contributed by atoms with Crippen LogP contribution in [0.25, 0.3) is 0 Å². The van der Waals surface area contributed by atoms with E-state index in [0.717, 1.165) is 56.3 Å². The van der Waals surface area contributed by atoms with Crippen LogP contribution in [0.3, 0.4) is 0 Å². The molecule has 31 heavy (non-hydrogen) atoms. The molecule has 2 heterocycles. The van der Waals surface area contributed by atoms with Gasteiger partial charge in [0.05, 0.1) is 5.56 Å². The highest BCUT2D eigenvalue weighted by atomic mass is 19.4. The maximum atomic E-state index is 13.0. The minimum atomic E-state index is -4.32. The Hall–Kier alpha value is -2.09. The van der Waals surface area contributed by atoms with Crippen molar-refractivity contribution in [2.75, 3.05) is 39.3 Å². The first-order valence-corrected chi connectivity index (χ1v) is 11.3. The average molecular weight is 438 g/mol. The van der Waals surface area contributed by atoms with E-state index in [0.29, 0.717) is 39.3 Å². The summed E-state index contributed by atoms with van der Waals surface area (Å²) in [4.78, 5) is 31.3. The van der Waals surface area contributed by atoms with Crippen LogP contribution in [0.15, 0.2) is 24.3 Å². The summed E-state index contributed by atoms with van der Waals surface area (Å²) in [6, 6.07) is 5.33. The van der Waals surface area contributed by atoms with E-state index in [1.165, 1.54) is 12.1 Å². The van der Waals surface area contributed by atoms with Gasteiger partial charge in [0, 0.05) is 57.6 Å². The highest BCUT2D eigenvalue weighted by Gasteiger charge is 2.37. The van der Waals surface area contributed by atoms with Gasteiger partial charge in [-0.2, -0.15) is 13.2 Å². The maximum Gasteiger partial charge on any atom is 0.416 e. The molecule has 5 nitrogen and oxygen atoms in total. The standard InChI is InChI=1S/C23H30F3N3O2/c24-23(25,26)20-6-2-17(3-7-20)16-27-10-1-11-28(15-14-27)22(31)19-8-12-29(13-9-19)21(30)18-4-5-18/h2-3,6-7,18-19H,1,4-5,8-16H2. The largest absolute Gasteiger partial charge is 0.416 e. The zero-order chi connectivity index (χ0) is 22.0. The van der Waals surface area contributed by atoms with Crippen LogP contribution < -0.4 is 0 Å². The monoisotopic (exact) mass is 437 g/mol. The van der Waals surface area contributed by atoms with Crippen molar-refractivity contribution in [1.29, 1.82) is 0 Å². The summed E-state index contributed by atoms with van der Waals surface area (Å²) < 4.78 is 38.2. The molecule has 0 bridgehead atoms. The number of carbonyl (C=O) groups excluding carboxylic acids is 2. The summed E-state index contributed by atoms with van der Waals surface area (Å²) >= 11 is 0. The van der Waals surface area contributed by atoms with Crippen LogP contribution >= 0.6 is 0 Å². The van der Waals surface area contributed by atoms with Gasteiger partial charge < -0.3 is 9.80 Å². The molecule has 0 atom stereocenters. The van der Waals surface area contributed by atoms with Crippen LogP contribution in [0.2, 0.25) is 0 Å². The van der Waals surface area contributed by atoms with Crippen LogP contribution in [-0.2, 0) is 22.3 Å². The molecule has 2 saturated heterocycles. The van der Waals surface area contributed by atoms with E-state index in [-0.39, 0.29) is 23.7 Å². The molecule has 3 aliphatic rings. The Kier molecular flexibility index (Phi) is 6.55. The fourth-order valence-corrected chi connectivity index (χ4v) is 4.60. The summed E-state index contributed by atoms with van der Waals surface area (Å²) in [5.41, 5.74) is 0.217. The molecular formula is C23H30F3N3O2. The van der Waals surface area contributed by atoms with E-state index in [9.17, 15) is 22.8 Å². The molecule has 2 amide bonds. The number of likely N-dealkylation sites (tertiary alicyclic amines) is 1. The number of hydrogen-bond acceptors (Lipinski definition) is 3. The molecule has 8 heteroatoms. The molecule has 4 rings (SSSR count). The second-order valence-electron chi connectivity index (χ2n) is 9.02. The fourth-order valence-electron chi connectivity index (χ4n) is 4.60. The van der Waals surface area contributed by atoms with E-state index in [4.69, 9.17) is 0 Å². The first-order chi connectivity index (χ1) is 14.8. The number of halogens is 3. The van der Waals surface area contributed by atoms with Gasteiger partial charge in [-0.05, 0) is 49.8 Å². The normalized spacial score (nSPS) is 21.8. The second-order valence-corrected chi connectivity index (χ2v) is 9.02. The third-order valence-corrected chi connectivity index (χ3v) is 6.67. The third kappa shape index (κ3) is 5.59. The van der Waals surface area contributed by atoms with Gasteiger partial charge >= 0.3 is 6.18 Å². The number of hydrogen-bond donors (Lipinski definition) is 0. The Bertz CT molecular complexity index is 784. The maximum absolute atomic E-state index is 13.0. The van der Waals surface area contributed by atoms with Crippen molar-refractivity contribution in [1.82, 2.24) is 14.7 Å². The minimum absolute atomic E-state index is 0.00952. The molecule has 0 spiro atoms. The van der Waals surface area contributed by atoms with Gasteiger partial charge in [-0.3, -0.25) is 14.5 Å². The van der Waals surface area contributed by atoms with Crippen molar-refractivity contribution >= 4 is 11.8 Å². The molecule has 170 valence electrons. The lowest BCUT2D eigenvalue weighted by Gasteiger charge is -2.34. The van der Waals surface area contributed by atoms with E-state index >= 15 is 0 Å². The van der Waals surface area contributed by atoms with Gasteiger partial charge in [-0.15, -0.1) is 0 Å². The Morgan fingerprint density at radius 3 is 1.94 bits per heavy atom. The smallest absolute Gasteiger partial charge is 0.342 e. The Balaban J connectivity index is 1.25. The summed E-state index contributed by atoms with van der Waals surface area (Å²) in [7, 11) is 0. The summed E-state index contributed by atoms with van der Waals surface area (Å²) in [6.07, 6.45) is 0.0315. The van der Waals surface area contributed by atoms with E-state index < -0.39 is 11.7 Å². The van der Waals surface area contributed by atoms with Crippen LogP contribution in [0, 0.1) is 11.8 Å². The number of nitrogens with zero attached hydrogens (tertiary/aromatic N) is 3. The van der Waals surface area contributed by atoms with Crippen molar-refractivity contribution in [2.24, 2.45) is 11.8 Å². The lowest BCUT2D eigenvalue weighted by molar-refractivity contribution is -0.141. The number of carbonyl (C=O) groups is 2. The highest BCUT2D eigenvalue weighted by molar-refractivity contribution is 5.82. The predicted octanol–water partition coefficient (Wildman–Crippen LogP) is 3.39. The number of amides is 2. The van der Waals surface area contributed by atoms with Gasteiger partial charge in [0.15, 0.2) is 0 Å². The van der Waals surface area contributed by atoms with Gasteiger partial charge in [-0.1, -0.05) is 12.1 Å². The first kappa shape index (κ1) is 22.1. The second kappa shape index (κ2) is 9.18. The van der Waals surface area contributed by atoms with Crippen molar-refractivity contribution in [3.63, 3.8) is 0 Å². The molecule has 2 aliphatic heterocycles. The molecule has 1 aliphatic carbocycles. The molecule has 0 unspecified atom stereocenters. The molecule has 0 N–H and O–H groups in total. The number of piperidine rings is 1. The van der Waals surface area contributed by atoms with Crippen molar-refractivity contribution in [3.05, 3.63) is 35.4 Å². The van der Waals surface area contributed by atoms with Gasteiger partial charge in [0.2, 0.25) is 11.8 Å². The Morgan fingerprint density at radius 1 is 0.774 bits per heavy atom. The van der Waals surface area contributed by atoms with Crippen molar-refractivity contribution in [3.8, 4) is 0 Å². The lowest BCUT2D eigenvalue weighted by atomic mass is 9.95. The zero-order valence-corrected chi connectivity index (χ0v) is 17.7. The van der Waals surface area contributed by atoms with Crippen molar-refractivity contribution in [2.45, 2.75) is 44.8 Å². The van der Waals surface area contributed by atoms with Crippen molar-refractivity contribution < 1.29 is 22.8 Å². The summed E-state index contributed by atoms with van der Waals surface area (Å²) in [5, 5.41) is 0. The number of benzene rings is 1. The number of alkyl halides is 3. The van der Waals surface area contributed by atoms with E-state index in [1.807, 2.05) is 9.80 Å². The molecule has 1 aromatic carbocycles. The first-order valence-electron chi connectivity index (χ1n) is 11.3. The van der Waals surface area contributed by atoms with Crippen LogP contribution in [0.5, 0.6) is 0 Å². The zero-order valence-electron chi connectivity index (χ0n) is 17.7. The minimum Gasteiger partial charge on any atom is -0.342 e. The molecular weight excluding hydrogens is 407 g/mol. The molecule has 3 fully saturated rings. The van der Waals surface area contributed by atoms with Gasteiger partial charge in [0.25, 0.3) is 0 Å². The molecule has 1 saturated carbocycles. The average Bonchev–Trinajstić information content (AvgIpc) is 3.61. The van der Waals surface area contributed by atoms with Crippen LogP contribution in [0.1, 0.15) is 43.2 Å².